The van der Waals surface area contributed by atoms with Gasteiger partial charge >= 0.3 is 5.97 Å². The Morgan fingerprint density at radius 1 is 1.36 bits per heavy atom. The maximum atomic E-state index is 13.2. The van der Waals surface area contributed by atoms with Crippen LogP contribution < -0.4 is 4.74 Å². The van der Waals surface area contributed by atoms with Crippen LogP contribution in [-0.2, 0) is 4.79 Å². The lowest BCUT2D eigenvalue weighted by molar-refractivity contribution is -0.139. The number of carbonyl (C=O) groups is 1. The second kappa shape index (κ2) is 12.6. The van der Waals surface area contributed by atoms with Crippen LogP contribution >= 0.6 is 34.7 Å². The fourth-order valence-electron chi connectivity index (χ4n) is 5.00. The van der Waals surface area contributed by atoms with E-state index in [0.717, 1.165) is 51.7 Å². The number of thiophene rings is 1. The maximum Gasteiger partial charge on any atom is 0.303 e. The lowest BCUT2D eigenvalue weighted by Crippen LogP contribution is -2.42. The van der Waals surface area contributed by atoms with Crippen molar-refractivity contribution in [1.29, 1.82) is 0 Å². The lowest BCUT2D eigenvalue weighted by atomic mass is 9.79. The quantitative estimate of drug-likeness (QED) is 0.277. The van der Waals surface area contributed by atoms with E-state index in [9.17, 15) is 19.4 Å². The second-order valence-corrected chi connectivity index (χ2v) is 11.9. The number of fused-ring (bicyclic) bond motifs is 1. The van der Waals surface area contributed by atoms with Crippen LogP contribution in [0.15, 0.2) is 40.7 Å². The number of rotatable bonds is 11. The van der Waals surface area contributed by atoms with Gasteiger partial charge in [-0.15, -0.1) is 11.8 Å². The van der Waals surface area contributed by atoms with E-state index in [0.29, 0.717) is 35.7 Å². The summed E-state index contributed by atoms with van der Waals surface area (Å²) in [6.07, 6.45) is 2.94. The Balaban J connectivity index is 1.38. The molecule has 3 atom stereocenters. The Bertz CT molecular complexity index is 1190. The molecule has 6 nitrogen and oxygen atoms in total. The number of piperidine rings is 1. The Morgan fingerprint density at radius 2 is 2.19 bits per heavy atom. The third kappa shape index (κ3) is 6.89. The zero-order valence-corrected chi connectivity index (χ0v) is 22.4. The van der Waals surface area contributed by atoms with Crippen molar-refractivity contribution in [2.75, 3.05) is 32.5 Å². The fourth-order valence-corrected chi connectivity index (χ4v) is 7.18. The predicted molar refractivity (Wildman–Crippen MR) is 143 cm³/mol. The minimum atomic E-state index is -0.800. The first-order valence-corrected chi connectivity index (χ1v) is 14.1. The molecule has 194 valence electrons. The number of aliphatic hydroxyl groups excluding tert-OH is 1. The second-order valence-electron chi connectivity index (χ2n) is 9.11. The maximum absolute atomic E-state index is 13.2. The molecule has 0 amide bonds. The van der Waals surface area contributed by atoms with E-state index in [1.54, 1.807) is 31.1 Å². The summed E-state index contributed by atoms with van der Waals surface area (Å²) in [6, 6.07) is 8.77. The molecule has 1 saturated heterocycles. The van der Waals surface area contributed by atoms with E-state index in [1.165, 1.54) is 6.07 Å². The molecule has 0 saturated carbocycles. The van der Waals surface area contributed by atoms with E-state index >= 15 is 0 Å². The van der Waals surface area contributed by atoms with Gasteiger partial charge in [0, 0.05) is 42.4 Å². The number of carboxylic acids is 1. The lowest BCUT2D eigenvalue weighted by Gasteiger charge is -2.38. The van der Waals surface area contributed by atoms with Crippen molar-refractivity contribution in [3.05, 3.63) is 52.2 Å². The van der Waals surface area contributed by atoms with Crippen LogP contribution in [0.25, 0.3) is 10.9 Å². The standard InChI is InChI=1S/C26H30ClFN2O4S2/c1-34-18-3-4-21-19(13-18)26(20(27)14-29-21)22(31)5-2-16-8-9-30(15-17(16)12-24(32)33)10-11-35-25-7-6-23(28)36-25/h3-4,6-7,13-14,16-17,22,31H,2,5,8-12,15H2,1H3,(H,32,33). The summed E-state index contributed by atoms with van der Waals surface area (Å²) < 4.78 is 19.5. The molecule has 2 aromatic heterocycles. The minimum absolute atomic E-state index is 0.0115. The van der Waals surface area contributed by atoms with Gasteiger partial charge in [0.15, 0.2) is 5.13 Å². The first-order chi connectivity index (χ1) is 17.3. The van der Waals surface area contributed by atoms with Gasteiger partial charge in [-0.25, -0.2) is 0 Å². The first kappa shape index (κ1) is 27.1. The molecule has 1 aliphatic heterocycles. The molecule has 0 spiro atoms. The normalized spacial score (nSPS) is 19.4. The third-order valence-electron chi connectivity index (χ3n) is 6.82. The van der Waals surface area contributed by atoms with E-state index in [1.807, 2.05) is 18.2 Å². The SMILES string of the molecule is COc1ccc2ncc(Cl)c(C(O)CCC3CCN(CCSc4ccc(F)s4)CC3CC(=O)O)c2c1. The molecule has 0 bridgehead atoms. The number of aliphatic hydroxyl groups is 1. The van der Waals surface area contributed by atoms with E-state index in [-0.39, 0.29) is 23.4 Å². The number of nitrogens with zero attached hydrogens (tertiary/aromatic N) is 2. The van der Waals surface area contributed by atoms with Crippen LogP contribution in [0, 0.1) is 17.0 Å². The summed E-state index contributed by atoms with van der Waals surface area (Å²) in [6.45, 7) is 2.42. The number of pyridine rings is 1. The highest BCUT2D eigenvalue weighted by molar-refractivity contribution is 8.01. The van der Waals surface area contributed by atoms with Crippen LogP contribution in [0.5, 0.6) is 5.75 Å². The molecule has 10 heteroatoms. The summed E-state index contributed by atoms with van der Waals surface area (Å²) in [5.74, 6) is 0.910. The molecule has 1 aromatic carbocycles. The third-order valence-corrected chi connectivity index (χ3v) is 9.21. The number of halogens is 2. The number of hydrogen-bond donors (Lipinski definition) is 2. The van der Waals surface area contributed by atoms with Gasteiger partial charge < -0.3 is 19.8 Å². The van der Waals surface area contributed by atoms with Gasteiger partial charge in [-0.1, -0.05) is 22.9 Å². The summed E-state index contributed by atoms with van der Waals surface area (Å²) in [5.41, 5.74) is 1.37. The van der Waals surface area contributed by atoms with Crippen molar-refractivity contribution in [1.82, 2.24) is 9.88 Å². The molecule has 2 N–H and O–H groups in total. The number of methoxy groups -OCH3 is 1. The first-order valence-electron chi connectivity index (χ1n) is 12.0. The molecule has 1 fully saturated rings. The zero-order valence-electron chi connectivity index (χ0n) is 20.0. The molecule has 0 radical (unpaired) electrons. The number of aromatic nitrogens is 1. The molecule has 4 rings (SSSR count). The summed E-state index contributed by atoms with van der Waals surface area (Å²) in [5, 5.41) is 21.6. The average molecular weight is 553 g/mol. The highest BCUT2D eigenvalue weighted by atomic mass is 35.5. The van der Waals surface area contributed by atoms with Gasteiger partial charge in [-0.05, 0) is 68.0 Å². The average Bonchev–Trinajstić information content (AvgIpc) is 3.27. The largest absolute Gasteiger partial charge is 0.497 e. The zero-order chi connectivity index (χ0) is 25.7. The highest BCUT2D eigenvalue weighted by Crippen LogP contribution is 2.37. The molecular weight excluding hydrogens is 523 g/mol. The number of likely N-dealkylation sites (tertiary alicyclic amines) is 1. The van der Waals surface area contributed by atoms with Gasteiger partial charge in [0.1, 0.15) is 5.75 Å². The Morgan fingerprint density at radius 3 is 2.92 bits per heavy atom. The van der Waals surface area contributed by atoms with Gasteiger partial charge in [-0.2, -0.15) is 4.39 Å². The van der Waals surface area contributed by atoms with Crippen molar-refractivity contribution in [2.24, 2.45) is 11.8 Å². The Labute approximate surface area is 223 Å². The summed E-state index contributed by atoms with van der Waals surface area (Å²) in [4.78, 5) is 18.3. The van der Waals surface area contributed by atoms with Crippen molar-refractivity contribution < 1.29 is 24.1 Å². The van der Waals surface area contributed by atoms with Gasteiger partial charge in [0.2, 0.25) is 0 Å². The molecule has 1 aliphatic rings. The molecule has 3 aromatic rings. The highest BCUT2D eigenvalue weighted by Gasteiger charge is 2.31. The van der Waals surface area contributed by atoms with Crippen LogP contribution in [0.4, 0.5) is 4.39 Å². The van der Waals surface area contributed by atoms with Crippen molar-refractivity contribution in [2.45, 2.75) is 36.0 Å². The van der Waals surface area contributed by atoms with Crippen LogP contribution in [0.2, 0.25) is 5.02 Å². The predicted octanol–water partition coefficient (Wildman–Crippen LogP) is 6.12. The van der Waals surface area contributed by atoms with Gasteiger partial charge in [0.05, 0.1) is 28.0 Å². The number of carboxylic acid groups (broad SMARTS) is 1. The van der Waals surface area contributed by atoms with E-state index in [2.05, 4.69) is 9.88 Å². The van der Waals surface area contributed by atoms with Crippen LogP contribution in [-0.4, -0.2) is 58.6 Å². The fraction of sp³-hybridized carbons (Fsp3) is 0.462. The number of hydrogen-bond acceptors (Lipinski definition) is 7. The minimum Gasteiger partial charge on any atom is -0.497 e. The van der Waals surface area contributed by atoms with Crippen LogP contribution in [0.3, 0.4) is 0 Å². The number of aliphatic carboxylic acids is 1. The molecule has 36 heavy (non-hydrogen) atoms. The molecule has 3 unspecified atom stereocenters. The molecule has 0 aliphatic carbocycles. The summed E-state index contributed by atoms with van der Waals surface area (Å²) in [7, 11) is 1.59. The Hall–Kier alpha value is -1.91. The van der Waals surface area contributed by atoms with Gasteiger partial charge in [0.25, 0.3) is 0 Å². The number of benzene rings is 1. The number of thioether (sulfide) groups is 1. The molecule has 3 heterocycles. The van der Waals surface area contributed by atoms with Crippen LogP contribution in [0.1, 0.15) is 37.4 Å². The van der Waals surface area contributed by atoms with Crippen molar-refractivity contribution in [3.63, 3.8) is 0 Å². The smallest absolute Gasteiger partial charge is 0.303 e. The topological polar surface area (TPSA) is 82.9 Å². The van der Waals surface area contributed by atoms with Crippen molar-refractivity contribution in [3.8, 4) is 5.75 Å². The van der Waals surface area contributed by atoms with Crippen molar-refractivity contribution >= 4 is 51.6 Å². The summed E-state index contributed by atoms with van der Waals surface area (Å²) >= 11 is 9.24. The molecular formula is C26H30ClFN2O4S2. The monoisotopic (exact) mass is 552 g/mol. The van der Waals surface area contributed by atoms with E-state index in [4.69, 9.17) is 16.3 Å². The van der Waals surface area contributed by atoms with Gasteiger partial charge in [-0.3, -0.25) is 9.78 Å². The Kier molecular flexibility index (Phi) is 9.47. The van der Waals surface area contributed by atoms with E-state index < -0.39 is 12.1 Å². The number of ether oxygens (including phenoxy) is 1.